The van der Waals surface area contributed by atoms with E-state index in [1.165, 1.54) is 0 Å². The van der Waals surface area contributed by atoms with Gasteiger partial charge in [0.25, 0.3) is 0 Å². The third-order valence-electron chi connectivity index (χ3n) is 7.32. The Labute approximate surface area is 209 Å². The normalized spacial score (nSPS) is 18.7. The topological polar surface area (TPSA) is 143 Å². The summed E-state index contributed by atoms with van der Waals surface area (Å²) in [6.07, 6.45) is 4.21. The van der Waals surface area contributed by atoms with Crippen molar-refractivity contribution < 1.29 is 4.79 Å². The molecule has 0 radical (unpaired) electrons. The smallest absolute Gasteiger partial charge is 0.248 e. The van der Waals surface area contributed by atoms with E-state index in [-0.39, 0.29) is 23.4 Å². The molecule has 0 saturated heterocycles. The van der Waals surface area contributed by atoms with E-state index in [0.717, 1.165) is 53.3 Å². The molecular weight excluding hydrogens is 452 g/mol. The van der Waals surface area contributed by atoms with E-state index in [0.29, 0.717) is 30.4 Å². The zero-order chi connectivity index (χ0) is 25.1. The molecule has 36 heavy (non-hydrogen) atoms. The van der Waals surface area contributed by atoms with Gasteiger partial charge < -0.3 is 21.8 Å². The van der Waals surface area contributed by atoms with Crippen LogP contribution in [0.4, 0.5) is 5.82 Å². The van der Waals surface area contributed by atoms with Gasteiger partial charge in [0.1, 0.15) is 0 Å². The fourth-order valence-corrected chi connectivity index (χ4v) is 5.18. The molecule has 2 aromatic carbocycles. The summed E-state index contributed by atoms with van der Waals surface area (Å²) in [5, 5.41) is 11.1. The largest absolute Gasteiger partial charge is 0.382 e. The number of nitrogens with zero attached hydrogens (tertiary/aromatic N) is 1. The number of carbonyl (C=O) groups excluding carboxylic acids is 1. The maximum absolute atomic E-state index is 13.3. The Hall–Kier alpha value is -3.91. The molecule has 2 heterocycles. The van der Waals surface area contributed by atoms with Crippen molar-refractivity contribution in [2.75, 3.05) is 12.3 Å². The molecule has 7 N–H and O–H groups in total. The molecule has 0 spiro atoms. The number of pyridine rings is 1. The lowest BCUT2D eigenvalue weighted by Crippen LogP contribution is -2.38. The van der Waals surface area contributed by atoms with Gasteiger partial charge in [-0.25, -0.2) is 0 Å². The average molecular weight is 485 g/mol. The molecule has 8 nitrogen and oxygen atoms in total. The van der Waals surface area contributed by atoms with Crippen LogP contribution in [0.25, 0.3) is 22.0 Å². The molecule has 8 heteroatoms. The number of anilines is 1. The van der Waals surface area contributed by atoms with Crippen molar-refractivity contribution in [2.45, 2.75) is 38.1 Å². The van der Waals surface area contributed by atoms with Crippen molar-refractivity contribution in [2.24, 2.45) is 17.6 Å². The van der Waals surface area contributed by atoms with E-state index in [2.05, 4.69) is 20.5 Å². The third-order valence-corrected chi connectivity index (χ3v) is 7.32. The van der Waals surface area contributed by atoms with Crippen molar-refractivity contribution in [3.05, 3.63) is 82.3 Å². The van der Waals surface area contributed by atoms with E-state index in [9.17, 15) is 9.59 Å². The molecule has 5 rings (SSSR count). The van der Waals surface area contributed by atoms with Crippen molar-refractivity contribution in [1.29, 1.82) is 0 Å². The highest BCUT2D eigenvalue weighted by molar-refractivity contribution is 5.91. The Kier molecular flexibility index (Phi) is 6.86. The number of nitrogens with one attached hydrogen (secondary N) is 3. The molecule has 1 aliphatic rings. The number of benzene rings is 2. The molecular formula is C28H32N6O2. The summed E-state index contributed by atoms with van der Waals surface area (Å²) < 4.78 is 0. The Balaban J connectivity index is 1.45. The van der Waals surface area contributed by atoms with Crippen LogP contribution in [0.15, 0.2) is 65.5 Å². The summed E-state index contributed by atoms with van der Waals surface area (Å²) in [5.41, 5.74) is 15.7. The second kappa shape index (κ2) is 10.4. The highest BCUT2D eigenvalue weighted by Gasteiger charge is 2.28. The number of H-pyrrole nitrogens is 2. The zero-order valence-electron chi connectivity index (χ0n) is 20.2. The maximum Gasteiger partial charge on any atom is 0.248 e. The first kappa shape index (κ1) is 23.8. The van der Waals surface area contributed by atoms with Gasteiger partial charge in [-0.1, -0.05) is 36.4 Å². The Morgan fingerprint density at radius 2 is 1.81 bits per heavy atom. The maximum atomic E-state index is 13.3. The van der Waals surface area contributed by atoms with Crippen molar-refractivity contribution >= 4 is 22.6 Å². The summed E-state index contributed by atoms with van der Waals surface area (Å²) in [4.78, 5) is 29.0. The lowest BCUT2D eigenvalue weighted by Gasteiger charge is -2.29. The lowest BCUT2D eigenvalue weighted by molar-refractivity contribution is -0.127. The van der Waals surface area contributed by atoms with Crippen LogP contribution >= 0.6 is 0 Å². The summed E-state index contributed by atoms with van der Waals surface area (Å²) in [5.74, 6) is 0.945. The second-order valence-corrected chi connectivity index (χ2v) is 9.76. The van der Waals surface area contributed by atoms with Gasteiger partial charge in [0.15, 0.2) is 5.82 Å². The molecule has 1 saturated carbocycles. The number of amides is 1. The Morgan fingerprint density at radius 1 is 1.03 bits per heavy atom. The molecule has 1 amide bonds. The minimum Gasteiger partial charge on any atom is -0.382 e. The van der Waals surface area contributed by atoms with E-state index in [1.807, 2.05) is 54.6 Å². The number of aromatic nitrogens is 3. The summed E-state index contributed by atoms with van der Waals surface area (Å²) in [6.45, 7) is 0.677. The number of nitrogens with two attached hydrogens (primary N) is 2. The first-order valence-corrected chi connectivity index (χ1v) is 12.5. The highest BCUT2D eigenvalue weighted by Crippen LogP contribution is 2.30. The Bertz CT molecular complexity index is 1400. The Morgan fingerprint density at radius 3 is 2.56 bits per heavy atom. The van der Waals surface area contributed by atoms with Crippen LogP contribution in [0.5, 0.6) is 0 Å². The van der Waals surface area contributed by atoms with Crippen molar-refractivity contribution in [3.8, 4) is 11.1 Å². The number of fused-ring (bicyclic) bond motifs is 1. The quantitative estimate of drug-likeness (QED) is 0.272. The molecule has 186 valence electrons. The van der Waals surface area contributed by atoms with Gasteiger partial charge in [-0.15, -0.1) is 0 Å². The van der Waals surface area contributed by atoms with Crippen LogP contribution < -0.4 is 22.3 Å². The average Bonchev–Trinajstić information content (AvgIpc) is 3.28. The van der Waals surface area contributed by atoms with Crippen LogP contribution in [0.1, 0.15) is 43.0 Å². The SMILES string of the molecule is NCC1CCC(C(=O)NC(Cc2ccccc2)c2cc(-c3ccc4c(N)n[nH]c4c3)cc(=O)[nH]2)CC1. The van der Waals surface area contributed by atoms with E-state index in [1.54, 1.807) is 6.07 Å². The fourth-order valence-electron chi connectivity index (χ4n) is 5.18. The van der Waals surface area contributed by atoms with Gasteiger partial charge in [-0.3, -0.25) is 14.7 Å². The van der Waals surface area contributed by atoms with Crippen LogP contribution in [-0.4, -0.2) is 27.6 Å². The van der Waals surface area contributed by atoms with E-state index in [4.69, 9.17) is 11.5 Å². The minimum absolute atomic E-state index is 0.0331. The first-order chi connectivity index (χ1) is 17.5. The number of hydrogen-bond acceptors (Lipinski definition) is 5. The zero-order valence-corrected chi connectivity index (χ0v) is 20.2. The molecule has 0 bridgehead atoms. The third kappa shape index (κ3) is 5.18. The van der Waals surface area contributed by atoms with E-state index >= 15 is 0 Å². The molecule has 1 unspecified atom stereocenters. The predicted molar refractivity (Wildman–Crippen MR) is 142 cm³/mol. The lowest BCUT2D eigenvalue weighted by atomic mass is 9.81. The molecule has 1 atom stereocenters. The van der Waals surface area contributed by atoms with E-state index < -0.39 is 0 Å². The summed E-state index contributed by atoms with van der Waals surface area (Å²) in [7, 11) is 0. The van der Waals surface area contributed by atoms with Gasteiger partial charge in [0.2, 0.25) is 11.5 Å². The van der Waals surface area contributed by atoms with Crippen molar-refractivity contribution in [3.63, 3.8) is 0 Å². The number of hydrogen-bond donors (Lipinski definition) is 5. The minimum atomic E-state index is -0.369. The number of carbonyl (C=O) groups is 1. The second-order valence-electron chi connectivity index (χ2n) is 9.76. The van der Waals surface area contributed by atoms with Crippen LogP contribution in [0.2, 0.25) is 0 Å². The standard InChI is InChI=1S/C28H32N6O2/c29-16-18-6-8-19(9-7-18)28(36)32-24(12-17-4-2-1-3-5-17)25-14-21(15-26(35)31-25)20-10-11-22-23(13-20)33-34-27(22)30/h1-5,10-11,13-15,18-19,24H,6-9,12,16,29H2,(H,31,35)(H,32,36)(H3,30,33,34). The van der Waals surface area contributed by atoms with Crippen LogP contribution in [-0.2, 0) is 11.2 Å². The molecule has 4 aromatic rings. The molecule has 0 aliphatic heterocycles. The van der Waals surface area contributed by atoms with Crippen LogP contribution in [0.3, 0.4) is 0 Å². The van der Waals surface area contributed by atoms with Crippen molar-refractivity contribution in [1.82, 2.24) is 20.5 Å². The summed E-state index contributed by atoms with van der Waals surface area (Å²) in [6, 6.07) is 18.9. The number of aromatic amines is 2. The van der Waals surface area contributed by atoms with Gasteiger partial charge in [0, 0.05) is 23.1 Å². The van der Waals surface area contributed by atoms with Gasteiger partial charge in [-0.05, 0) is 79.5 Å². The van der Waals surface area contributed by atoms with Gasteiger partial charge in [0.05, 0.1) is 11.6 Å². The summed E-state index contributed by atoms with van der Waals surface area (Å²) >= 11 is 0. The van der Waals surface area contributed by atoms with Gasteiger partial charge >= 0.3 is 0 Å². The first-order valence-electron chi connectivity index (χ1n) is 12.5. The fraction of sp³-hybridized carbons (Fsp3) is 0.321. The molecule has 2 aromatic heterocycles. The number of rotatable bonds is 7. The molecule has 1 aliphatic carbocycles. The molecule has 1 fully saturated rings. The monoisotopic (exact) mass is 484 g/mol. The predicted octanol–water partition coefficient (Wildman–Crippen LogP) is 3.67. The van der Waals surface area contributed by atoms with Gasteiger partial charge in [-0.2, -0.15) is 5.10 Å². The highest BCUT2D eigenvalue weighted by atomic mass is 16.2. The van der Waals surface area contributed by atoms with Crippen LogP contribution in [0, 0.1) is 11.8 Å². The number of nitrogen functional groups attached to an aromatic ring is 1.